The van der Waals surface area contributed by atoms with Gasteiger partial charge in [-0.15, -0.1) is 0 Å². The van der Waals surface area contributed by atoms with Gasteiger partial charge >= 0.3 is 0 Å². The Morgan fingerprint density at radius 2 is 1.55 bits per heavy atom. The number of carbonyl (C=O) groups is 1. The fourth-order valence-electron chi connectivity index (χ4n) is 1.94. The molecule has 0 heterocycles. The second-order valence-electron chi connectivity index (χ2n) is 4.72. The summed E-state index contributed by atoms with van der Waals surface area (Å²) in [7, 11) is 0. The van der Waals surface area contributed by atoms with E-state index in [0.29, 0.717) is 19.5 Å². The maximum Gasteiger partial charge on any atom is 0.241 e. The van der Waals surface area contributed by atoms with Crippen LogP contribution >= 0.6 is 0 Å². The molecule has 2 aromatic carbocycles. The fourth-order valence-corrected chi connectivity index (χ4v) is 1.94. The van der Waals surface area contributed by atoms with Crippen LogP contribution in [0.4, 0.5) is 0 Å². The summed E-state index contributed by atoms with van der Waals surface area (Å²) in [6.07, 6.45) is 1.21. The lowest BCUT2D eigenvalue weighted by atomic mass is 10.1. The second kappa shape index (κ2) is 7.46. The average Bonchev–Trinajstić information content (AvgIpc) is 2.52. The highest BCUT2D eigenvalue weighted by molar-refractivity contribution is 5.75. The molecule has 0 aliphatic heterocycles. The van der Waals surface area contributed by atoms with Gasteiger partial charge in [0.15, 0.2) is 0 Å². The van der Waals surface area contributed by atoms with Crippen LogP contribution in [0.15, 0.2) is 54.6 Å². The highest BCUT2D eigenvalue weighted by Crippen LogP contribution is 2.05. The van der Waals surface area contributed by atoms with E-state index in [4.69, 9.17) is 5.73 Å². The molecule has 0 aliphatic carbocycles. The molecule has 3 nitrogen and oxygen atoms in total. The van der Waals surface area contributed by atoms with Crippen molar-refractivity contribution in [2.24, 2.45) is 5.73 Å². The van der Waals surface area contributed by atoms with E-state index in [1.165, 1.54) is 5.56 Å². The molecule has 2 aromatic rings. The van der Waals surface area contributed by atoms with E-state index in [1.807, 2.05) is 54.6 Å². The number of aryl methyl sites for hydroxylation is 1. The van der Waals surface area contributed by atoms with Crippen molar-refractivity contribution in [3.8, 4) is 0 Å². The monoisotopic (exact) mass is 267 g/mol. The van der Waals surface area contributed by atoms with Crippen LogP contribution < -0.4 is 11.1 Å². The molecular weight excluding hydrogens is 248 g/mol. The Kier molecular flexibility index (Phi) is 5.33. The minimum atomic E-state index is -0.0447. The summed E-state index contributed by atoms with van der Waals surface area (Å²) in [4.78, 5) is 11.7. The van der Waals surface area contributed by atoms with Crippen molar-refractivity contribution in [3.63, 3.8) is 0 Å². The van der Waals surface area contributed by atoms with E-state index in [2.05, 4.69) is 5.32 Å². The summed E-state index contributed by atoms with van der Waals surface area (Å²) in [5, 5.41) is 4.09. The largest absolute Gasteiger partial charge is 0.326 e. The van der Waals surface area contributed by atoms with Gasteiger partial charge in [-0.05, 0) is 23.1 Å². The molecule has 103 valence electrons. The predicted octanol–water partition coefficient (Wildman–Crippen LogP) is 2.41. The minimum absolute atomic E-state index is 0.0447. The first-order chi connectivity index (χ1) is 9.78. The molecule has 0 saturated carbocycles. The number of carbonyl (C=O) groups excluding carboxylic acids is 1. The van der Waals surface area contributed by atoms with Gasteiger partial charge < -0.3 is 5.73 Å². The lowest BCUT2D eigenvalue weighted by molar-refractivity contribution is -0.121. The molecule has 0 fully saturated rings. The molecule has 1 radical (unpaired) electrons. The van der Waals surface area contributed by atoms with Gasteiger partial charge in [0.2, 0.25) is 5.91 Å². The molecule has 0 saturated heterocycles. The second-order valence-corrected chi connectivity index (χ2v) is 4.72. The molecule has 0 unspecified atom stereocenters. The maximum atomic E-state index is 11.7. The van der Waals surface area contributed by atoms with Gasteiger partial charge in [-0.2, -0.15) is 0 Å². The normalized spacial score (nSPS) is 10.2. The SMILES string of the molecule is NCc1ccc(C[N]C(=O)CCc2ccccc2)cc1. The van der Waals surface area contributed by atoms with Crippen LogP contribution in [0.1, 0.15) is 23.1 Å². The number of nitrogens with zero attached hydrogens (tertiary/aromatic N) is 1. The first-order valence-electron chi connectivity index (χ1n) is 6.80. The Hall–Kier alpha value is -2.13. The van der Waals surface area contributed by atoms with Gasteiger partial charge in [0.05, 0.1) is 6.54 Å². The van der Waals surface area contributed by atoms with Crippen LogP contribution in [0.3, 0.4) is 0 Å². The van der Waals surface area contributed by atoms with Gasteiger partial charge in [0.1, 0.15) is 0 Å². The van der Waals surface area contributed by atoms with Crippen LogP contribution in [-0.2, 0) is 24.3 Å². The average molecular weight is 267 g/mol. The van der Waals surface area contributed by atoms with E-state index < -0.39 is 0 Å². The van der Waals surface area contributed by atoms with Crippen LogP contribution in [0.2, 0.25) is 0 Å². The Bertz CT molecular complexity index is 535. The molecule has 2 N–H and O–H groups in total. The van der Waals surface area contributed by atoms with Crippen LogP contribution in [-0.4, -0.2) is 5.91 Å². The summed E-state index contributed by atoms with van der Waals surface area (Å²) in [6.45, 7) is 0.978. The lowest BCUT2D eigenvalue weighted by Crippen LogP contribution is -2.15. The van der Waals surface area contributed by atoms with Gasteiger partial charge in [-0.25, -0.2) is 5.32 Å². The molecule has 20 heavy (non-hydrogen) atoms. The summed E-state index contributed by atoms with van der Waals surface area (Å²) >= 11 is 0. The summed E-state index contributed by atoms with van der Waals surface area (Å²) in [6, 6.07) is 17.9. The van der Waals surface area contributed by atoms with Crippen molar-refractivity contribution >= 4 is 5.91 Å². The molecule has 2 rings (SSSR count). The predicted molar refractivity (Wildman–Crippen MR) is 79.9 cm³/mol. The summed E-state index contributed by atoms with van der Waals surface area (Å²) in [5.41, 5.74) is 8.83. The number of hydrogen-bond acceptors (Lipinski definition) is 2. The molecule has 0 spiro atoms. The highest BCUT2D eigenvalue weighted by atomic mass is 16.1. The van der Waals surface area contributed by atoms with Crippen molar-refractivity contribution in [2.45, 2.75) is 25.9 Å². The zero-order chi connectivity index (χ0) is 14.2. The van der Waals surface area contributed by atoms with E-state index in [9.17, 15) is 4.79 Å². The Balaban J connectivity index is 1.74. The third-order valence-corrected chi connectivity index (χ3v) is 3.17. The molecule has 0 aromatic heterocycles. The molecule has 1 amide bonds. The van der Waals surface area contributed by atoms with Gasteiger partial charge in [-0.1, -0.05) is 54.6 Å². The van der Waals surface area contributed by atoms with Gasteiger partial charge in [0.25, 0.3) is 0 Å². The Morgan fingerprint density at radius 1 is 0.900 bits per heavy atom. The maximum absolute atomic E-state index is 11.7. The molecular formula is C17H19N2O. The third-order valence-electron chi connectivity index (χ3n) is 3.17. The zero-order valence-corrected chi connectivity index (χ0v) is 11.5. The van der Waals surface area contributed by atoms with E-state index in [-0.39, 0.29) is 5.91 Å². The molecule has 0 atom stereocenters. The van der Waals surface area contributed by atoms with Gasteiger partial charge in [0, 0.05) is 13.0 Å². The van der Waals surface area contributed by atoms with E-state index >= 15 is 0 Å². The highest BCUT2D eigenvalue weighted by Gasteiger charge is 2.04. The van der Waals surface area contributed by atoms with E-state index in [0.717, 1.165) is 17.5 Å². The molecule has 3 heteroatoms. The number of amides is 1. The quantitative estimate of drug-likeness (QED) is 0.873. The topological polar surface area (TPSA) is 57.2 Å². The zero-order valence-electron chi connectivity index (χ0n) is 11.5. The number of benzene rings is 2. The van der Waals surface area contributed by atoms with Crippen LogP contribution in [0, 0.1) is 0 Å². The van der Waals surface area contributed by atoms with Crippen LogP contribution in [0.5, 0.6) is 0 Å². The Morgan fingerprint density at radius 3 is 2.20 bits per heavy atom. The van der Waals surface area contributed by atoms with E-state index in [1.54, 1.807) is 0 Å². The number of nitrogens with two attached hydrogens (primary N) is 1. The lowest BCUT2D eigenvalue weighted by Gasteiger charge is -2.04. The number of hydrogen-bond donors (Lipinski definition) is 1. The minimum Gasteiger partial charge on any atom is -0.326 e. The standard InChI is InChI=1S/C17H19N2O/c18-12-15-6-8-16(9-7-15)13-19-17(20)11-10-14-4-2-1-3-5-14/h1-9H,10-13,18H2. The van der Waals surface area contributed by atoms with Crippen molar-refractivity contribution in [1.29, 1.82) is 0 Å². The number of rotatable bonds is 6. The van der Waals surface area contributed by atoms with Crippen molar-refractivity contribution < 1.29 is 4.79 Å². The smallest absolute Gasteiger partial charge is 0.241 e. The van der Waals surface area contributed by atoms with Crippen molar-refractivity contribution in [2.75, 3.05) is 0 Å². The third kappa shape index (κ3) is 4.52. The first kappa shape index (κ1) is 14.3. The molecule has 0 bridgehead atoms. The van der Waals surface area contributed by atoms with Gasteiger partial charge in [-0.3, -0.25) is 4.79 Å². The summed E-state index contributed by atoms with van der Waals surface area (Å²) < 4.78 is 0. The van der Waals surface area contributed by atoms with Crippen molar-refractivity contribution in [3.05, 3.63) is 71.3 Å². The summed E-state index contributed by atoms with van der Waals surface area (Å²) in [5.74, 6) is -0.0447. The van der Waals surface area contributed by atoms with Crippen molar-refractivity contribution in [1.82, 2.24) is 5.32 Å². The Labute approximate surface area is 119 Å². The first-order valence-corrected chi connectivity index (χ1v) is 6.80. The molecule has 0 aliphatic rings. The van der Waals surface area contributed by atoms with Crippen LogP contribution in [0.25, 0.3) is 0 Å². The fraction of sp³-hybridized carbons (Fsp3) is 0.235.